The first-order chi connectivity index (χ1) is 8.83. The van der Waals surface area contributed by atoms with E-state index in [1.165, 1.54) is 19.3 Å². The van der Waals surface area contributed by atoms with Crippen LogP contribution in [0.5, 0.6) is 5.75 Å². The van der Waals surface area contributed by atoms with Crippen molar-refractivity contribution in [1.82, 2.24) is 5.32 Å². The van der Waals surface area contributed by atoms with Crippen molar-refractivity contribution in [3.05, 3.63) is 29.6 Å². The van der Waals surface area contributed by atoms with E-state index < -0.39 is 0 Å². The lowest BCUT2D eigenvalue weighted by atomic mass is 9.91. The van der Waals surface area contributed by atoms with E-state index in [1.807, 2.05) is 6.07 Å². The molecule has 2 fully saturated rings. The van der Waals surface area contributed by atoms with Gasteiger partial charge in [0.2, 0.25) is 0 Å². The number of benzene rings is 1. The molecule has 2 aliphatic rings. The van der Waals surface area contributed by atoms with Crippen molar-refractivity contribution in [3.8, 4) is 5.75 Å². The Kier molecular flexibility index (Phi) is 3.50. The SMILES string of the molecule is Fc1cc(C2CCCNC2)ccc1OCC1CC1. The van der Waals surface area contributed by atoms with Gasteiger partial charge in [0.05, 0.1) is 6.61 Å². The van der Waals surface area contributed by atoms with E-state index >= 15 is 0 Å². The van der Waals surface area contributed by atoms with Crippen LogP contribution in [-0.2, 0) is 0 Å². The van der Waals surface area contributed by atoms with Crippen LogP contribution in [-0.4, -0.2) is 19.7 Å². The van der Waals surface area contributed by atoms with E-state index in [2.05, 4.69) is 5.32 Å². The Bertz CT molecular complexity index is 411. The lowest BCUT2D eigenvalue weighted by Gasteiger charge is -2.23. The van der Waals surface area contributed by atoms with Crippen molar-refractivity contribution in [3.63, 3.8) is 0 Å². The van der Waals surface area contributed by atoms with E-state index in [-0.39, 0.29) is 5.82 Å². The van der Waals surface area contributed by atoms with Gasteiger partial charge in [-0.3, -0.25) is 0 Å². The van der Waals surface area contributed by atoms with E-state index in [4.69, 9.17) is 4.74 Å². The first-order valence-electron chi connectivity index (χ1n) is 6.96. The van der Waals surface area contributed by atoms with Gasteiger partial charge in [0.25, 0.3) is 0 Å². The zero-order valence-corrected chi connectivity index (χ0v) is 10.6. The summed E-state index contributed by atoms with van der Waals surface area (Å²) in [6.45, 7) is 2.71. The van der Waals surface area contributed by atoms with Gasteiger partial charge in [-0.05, 0) is 61.8 Å². The molecule has 1 aromatic carbocycles. The lowest BCUT2D eigenvalue weighted by molar-refractivity contribution is 0.285. The second-order valence-electron chi connectivity index (χ2n) is 5.49. The minimum atomic E-state index is -0.210. The predicted octanol–water partition coefficient (Wildman–Crippen LogP) is 3.08. The summed E-state index contributed by atoms with van der Waals surface area (Å²) < 4.78 is 19.4. The van der Waals surface area contributed by atoms with Crippen molar-refractivity contribution >= 4 is 0 Å². The molecule has 1 N–H and O–H groups in total. The zero-order chi connectivity index (χ0) is 12.4. The van der Waals surface area contributed by atoms with Gasteiger partial charge in [-0.2, -0.15) is 0 Å². The van der Waals surface area contributed by atoms with E-state index in [1.54, 1.807) is 12.1 Å². The molecule has 0 spiro atoms. The number of piperidine rings is 1. The fraction of sp³-hybridized carbons (Fsp3) is 0.600. The molecule has 0 aromatic heterocycles. The Morgan fingerprint density at radius 2 is 2.17 bits per heavy atom. The maximum absolute atomic E-state index is 13.9. The highest BCUT2D eigenvalue weighted by Crippen LogP contribution is 2.31. The van der Waals surface area contributed by atoms with Gasteiger partial charge in [-0.15, -0.1) is 0 Å². The summed E-state index contributed by atoms with van der Waals surface area (Å²) in [6.07, 6.45) is 4.78. The number of hydrogen-bond donors (Lipinski definition) is 1. The summed E-state index contributed by atoms with van der Waals surface area (Å²) in [4.78, 5) is 0. The fourth-order valence-corrected chi connectivity index (χ4v) is 2.52. The summed E-state index contributed by atoms with van der Waals surface area (Å²) in [5.74, 6) is 1.31. The fourth-order valence-electron chi connectivity index (χ4n) is 2.52. The number of halogens is 1. The summed E-state index contributed by atoms with van der Waals surface area (Å²) >= 11 is 0. The van der Waals surface area contributed by atoms with E-state index in [0.29, 0.717) is 24.2 Å². The van der Waals surface area contributed by atoms with Crippen molar-refractivity contribution in [2.75, 3.05) is 19.7 Å². The largest absolute Gasteiger partial charge is 0.490 e. The molecule has 2 nitrogen and oxygen atoms in total. The molecule has 0 radical (unpaired) electrons. The van der Waals surface area contributed by atoms with Crippen molar-refractivity contribution in [2.45, 2.75) is 31.6 Å². The molecule has 3 heteroatoms. The maximum Gasteiger partial charge on any atom is 0.165 e. The second kappa shape index (κ2) is 5.27. The lowest BCUT2D eigenvalue weighted by Crippen LogP contribution is -2.28. The summed E-state index contributed by atoms with van der Waals surface area (Å²) in [5, 5.41) is 3.36. The van der Waals surface area contributed by atoms with E-state index in [0.717, 1.165) is 25.1 Å². The molecule has 1 saturated carbocycles. The quantitative estimate of drug-likeness (QED) is 0.885. The first-order valence-corrected chi connectivity index (χ1v) is 6.96. The minimum Gasteiger partial charge on any atom is -0.490 e. The Morgan fingerprint density at radius 1 is 1.28 bits per heavy atom. The highest BCUT2D eigenvalue weighted by atomic mass is 19.1. The van der Waals surface area contributed by atoms with Gasteiger partial charge < -0.3 is 10.1 Å². The average Bonchev–Trinajstić information content (AvgIpc) is 3.22. The van der Waals surface area contributed by atoms with Gasteiger partial charge in [-0.1, -0.05) is 6.07 Å². The van der Waals surface area contributed by atoms with Crippen LogP contribution in [0.3, 0.4) is 0 Å². The van der Waals surface area contributed by atoms with Crippen LogP contribution in [0, 0.1) is 11.7 Å². The molecule has 3 rings (SSSR count). The first kappa shape index (κ1) is 12.0. The Balaban J connectivity index is 1.66. The summed E-state index contributed by atoms with van der Waals surface area (Å²) in [5.41, 5.74) is 1.10. The monoisotopic (exact) mass is 249 g/mol. The molecular formula is C15H20FNO. The molecular weight excluding hydrogens is 229 g/mol. The molecule has 18 heavy (non-hydrogen) atoms. The number of nitrogens with one attached hydrogen (secondary N) is 1. The van der Waals surface area contributed by atoms with Gasteiger partial charge in [-0.25, -0.2) is 4.39 Å². The van der Waals surface area contributed by atoms with Crippen molar-refractivity contribution in [2.24, 2.45) is 5.92 Å². The van der Waals surface area contributed by atoms with Gasteiger partial charge in [0.1, 0.15) is 0 Å². The molecule has 0 bridgehead atoms. The van der Waals surface area contributed by atoms with Gasteiger partial charge in [0, 0.05) is 6.54 Å². The summed E-state index contributed by atoms with van der Waals surface area (Å²) in [7, 11) is 0. The number of rotatable bonds is 4. The third kappa shape index (κ3) is 2.83. The third-order valence-electron chi connectivity index (χ3n) is 3.90. The van der Waals surface area contributed by atoms with Gasteiger partial charge >= 0.3 is 0 Å². The highest BCUT2D eigenvalue weighted by molar-refractivity contribution is 5.31. The molecule has 1 atom stereocenters. The van der Waals surface area contributed by atoms with Crippen molar-refractivity contribution < 1.29 is 9.13 Å². The van der Waals surface area contributed by atoms with Crippen LogP contribution >= 0.6 is 0 Å². The smallest absolute Gasteiger partial charge is 0.165 e. The second-order valence-corrected chi connectivity index (χ2v) is 5.49. The van der Waals surface area contributed by atoms with Crippen LogP contribution in [0.1, 0.15) is 37.2 Å². The molecule has 0 amide bonds. The van der Waals surface area contributed by atoms with E-state index in [9.17, 15) is 4.39 Å². The van der Waals surface area contributed by atoms with Crippen LogP contribution in [0.2, 0.25) is 0 Å². The third-order valence-corrected chi connectivity index (χ3v) is 3.90. The molecule has 1 aliphatic heterocycles. The molecule has 1 aliphatic carbocycles. The Hall–Kier alpha value is -1.09. The topological polar surface area (TPSA) is 21.3 Å². The van der Waals surface area contributed by atoms with Crippen LogP contribution in [0.25, 0.3) is 0 Å². The molecule has 98 valence electrons. The van der Waals surface area contributed by atoms with Crippen LogP contribution in [0.4, 0.5) is 4.39 Å². The Morgan fingerprint density at radius 3 is 2.83 bits per heavy atom. The van der Waals surface area contributed by atoms with Gasteiger partial charge in [0.15, 0.2) is 11.6 Å². The maximum atomic E-state index is 13.9. The zero-order valence-electron chi connectivity index (χ0n) is 10.6. The molecule has 1 heterocycles. The molecule has 1 saturated heterocycles. The standard InChI is InChI=1S/C15H20FNO/c16-14-8-12(13-2-1-7-17-9-13)5-6-15(14)18-10-11-3-4-11/h5-6,8,11,13,17H,1-4,7,9-10H2. The number of hydrogen-bond acceptors (Lipinski definition) is 2. The average molecular weight is 249 g/mol. The van der Waals surface area contributed by atoms with Crippen LogP contribution in [0.15, 0.2) is 18.2 Å². The highest BCUT2D eigenvalue weighted by Gasteiger charge is 2.23. The molecule has 1 unspecified atom stereocenters. The predicted molar refractivity (Wildman–Crippen MR) is 69.5 cm³/mol. The minimum absolute atomic E-state index is 0.210. The number of ether oxygens (including phenoxy) is 1. The summed E-state index contributed by atoms with van der Waals surface area (Å²) in [6, 6.07) is 5.46. The van der Waals surface area contributed by atoms with Crippen molar-refractivity contribution in [1.29, 1.82) is 0 Å². The van der Waals surface area contributed by atoms with Crippen LogP contribution < -0.4 is 10.1 Å². The molecule has 1 aromatic rings. The Labute approximate surface area is 108 Å². The normalized spacial score (nSPS) is 23.9.